The molecule has 2 rings (SSSR count). The summed E-state index contributed by atoms with van der Waals surface area (Å²) in [7, 11) is 0. The van der Waals surface area contributed by atoms with Crippen LogP contribution in [0.3, 0.4) is 0 Å². The highest BCUT2D eigenvalue weighted by Crippen LogP contribution is 2.49. The third kappa shape index (κ3) is 2.60. The van der Waals surface area contributed by atoms with E-state index < -0.39 is 0 Å². The van der Waals surface area contributed by atoms with Crippen LogP contribution >= 0.6 is 0 Å². The minimum absolute atomic E-state index is 0.326. The molecule has 0 aromatic heterocycles. The van der Waals surface area contributed by atoms with Crippen molar-refractivity contribution in [2.75, 3.05) is 0 Å². The summed E-state index contributed by atoms with van der Waals surface area (Å²) >= 11 is 0. The topological polar surface area (TPSA) is 12.0 Å². The van der Waals surface area contributed by atoms with Crippen molar-refractivity contribution in [3.05, 3.63) is 60.0 Å². The molecule has 1 saturated carbocycles. The second-order valence-electron chi connectivity index (χ2n) is 5.33. The average Bonchev–Trinajstić information content (AvgIpc) is 2.53. The molecule has 2 aliphatic carbocycles. The molecule has 0 radical (unpaired) electrons. The van der Waals surface area contributed by atoms with Crippen LogP contribution in [0.15, 0.2) is 60.0 Å². The first-order valence-corrected chi connectivity index (χ1v) is 6.23. The van der Waals surface area contributed by atoms with Crippen molar-refractivity contribution in [2.45, 2.75) is 33.1 Å². The van der Waals surface area contributed by atoms with Crippen LogP contribution in [-0.4, -0.2) is 0 Å². The Hall–Kier alpha value is -1.50. The molecule has 0 bridgehead atoms. The second kappa shape index (κ2) is 4.40. The molecule has 17 heavy (non-hydrogen) atoms. The number of rotatable bonds is 4. The summed E-state index contributed by atoms with van der Waals surface area (Å²) in [6.07, 6.45) is 12.9. The number of allylic oxidation sites excluding steroid dienone is 6. The van der Waals surface area contributed by atoms with E-state index in [1.165, 1.54) is 30.5 Å². The van der Waals surface area contributed by atoms with Gasteiger partial charge in [-0.05, 0) is 32.3 Å². The molecule has 0 aliphatic heterocycles. The Morgan fingerprint density at radius 1 is 1.29 bits per heavy atom. The van der Waals surface area contributed by atoms with Gasteiger partial charge in [0.25, 0.3) is 0 Å². The Morgan fingerprint density at radius 3 is 2.47 bits per heavy atom. The molecular weight excluding hydrogens is 206 g/mol. The highest BCUT2D eigenvalue weighted by atomic mass is 14.9. The number of nitrogens with one attached hydrogen (secondary N) is 1. The summed E-state index contributed by atoms with van der Waals surface area (Å²) in [5.41, 5.74) is 4.87. The van der Waals surface area contributed by atoms with Crippen LogP contribution in [0, 0.1) is 5.41 Å². The fourth-order valence-corrected chi connectivity index (χ4v) is 2.38. The first kappa shape index (κ1) is 12.0. The third-order valence-corrected chi connectivity index (χ3v) is 3.37. The highest BCUT2D eigenvalue weighted by Gasteiger charge is 2.37. The quantitative estimate of drug-likeness (QED) is 0.708. The lowest BCUT2D eigenvalue weighted by Gasteiger charge is -2.34. The van der Waals surface area contributed by atoms with Crippen LogP contribution in [0.2, 0.25) is 0 Å². The maximum atomic E-state index is 3.92. The highest BCUT2D eigenvalue weighted by molar-refractivity contribution is 5.50. The Kier molecular flexibility index (Phi) is 3.10. The van der Waals surface area contributed by atoms with Crippen LogP contribution in [0.5, 0.6) is 0 Å². The lowest BCUT2D eigenvalue weighted by Crippen LogP contribution is -2.23. The van der Waals surface area contributed by atoms with Gasteiger partial charge in [-0.15, -0.1) is 0 Å². The lowest BCUT2D eigenvalue weighted by atomic mass is 9.70. The minimum atomic E-state index is 0.326. The molecule has 0 aromatic carbocycles. The van der Waals surface area contributed by atoms with Crippen LogP contribution < -0.4 is 5.32 Å². The normalized spacial score (nSPS) is 21.1. The van der Waals surface area contributed by atoms with Crippen molar-refractivity contribution in [3.8, 4) is 0 Å². The van der Waals surface area contributed by atoms with Gasteiger partial charge in [-0.1, -0.05) is 49.5 Å². The monoisotopic (exact) mass is 227 g/mol. The van der Waals surface area contributed by atoms with Crippen molar-refractivity contribution in [1.82, 2.24) is 5.32 Å². The molecule has 0 atom stereocenters. The molecular formula is C16H21N. The molecule has 0 unspecified atom stereocenters. The molecule has 1 heteroatoms. The molecule has 1 fully saturated rings. The predicted octanol–water partition coefficient (Wildman–Crippen LogP) is 4.24. The zero-order valence-electron chi connectivity index (χ0n) is 10.8. The second-order valence-corrected chi connectivity index (χ2v) is 5.33. The van der Waals surface area contributed by atoms with Crippen molar-refractivity contribution in [1.29, 1.82) is 0 Å². The summed E-state index contributed by atoms with van der Waals surface area (Å²) in [5, 5.41) is 3.36. The molecule has 0 amide bonds. The zero-order valence-corrected chi connectivity index (χ0v) is 10.8. The van der Waals surface area contributed by atoms with E-state index >= 15 is 0 Å². The van der Waals surface area contributed by atoms with Gasteiger partial charge in [0.05, 0.1) is 0 Å². The maximum absolute atomic E-state index is 3.92. The van der Waals surface area contributed by atoms with Gasteiger partial charge in [0.1, 0.15) is 0 Å². The molecule has 0 aromatic rings. The molecule has 1 N–H and O–H groups in total. The number of hydrogen-bond acceptors (Lipinski definition) is 1. The lowest BCUT2D eigenvalue weighted by molar-refractivity contribution is 0.280. The standard InChI is InChI=1S/C16H21N/c1-12(2)6-7-14-10-16(8-5-9-16)11-15(14)17-13(3)4/h6-7,10-11,17H,1,3,5,8-9H2,2,4H3/b7-6-. The molecule has 0 saturated heterocycles. The van der Waals surface area contributed by atoms with Crippen LogP contribution in [0.1, 0.15) is 33.1 Å². The van der Waals surface area contributed by atoms with Gasteiger partial charge in [0, 0.05) is 16.8 Å². The molecule has 2 aliphatic rings. The van der Waals surface area contributed by atoms with Crippen molar-refractivity contribution in [3.63, 3.8) is 0 Å². The van der Waals surface area contributed by atoms with Gasteiger partial charge in [-0.3, -0.25) is 0 Å². The zero-order chi connectivity index (χ0) is 12.5. The molecule has 90 valence electrons. The number of hydrogen-bond donors (Lipinski definition) is 1. The summed E-state index contributed by atoms with van der Waals surface area (Å²) in [4.78, 5) is 0. The van der Waals surface area contributed by atoms with Crippen molar-refractivity contribution in [2.24, 2.45) is 5.41 Å². The van der Waals surface area contributed by atoms with E-state index in [9.17, 15) is 0 Å². The smallest absolute Gasteiger partial charge is 0.0420 e. The predicted molar refractivity (Wildman–Crippen MR) is 74.4 cm³/mol. The van der Waals surface area contributed by atoms with Crippen molar-refractivity contribution < 1.29 is 0 Å². The van der Waals surface area contributed by atoms with E-state index in [0.29, 0.717) is 5.41 Å². The first-order valence-electron chi connectivity index (χ1n) is 6.23. The SMILES string of the molecule is C=C(C)/C=C\C1=CC2(C=C1NC(=C)C)CCC2. The van der Waals surface area contributed by atoms with E-state index in [1.807, 2.05) is 13.8 Å². The van der Waals surface area contributed by atoms with Crippen LogP contribution in [0.25, 0.3) is 0 Å². The van der Waals surface area contributed by atoms with Gasteiger partial charge in [0.15, 0.2) is 0 Å². The summed E-state index contributed by atoms with van der Waals surface area (Å²) in [6, 6.07) is 0. The molecule has 0 heterocycles. The van der Waals surface area contributed by atoms with Gasteiger partial charge in [-0.2, -0.15) is 0 Å². The van der Waals surface area contributed by atoms with Gasteiger partial charge in [0.2, 0.25) is 0 Å². The summed E-state index contributed by atoms with van der Waals surface area (Å²) in [5.74, 6) is 0. The van der Waals surface area contributed by atoms with Gasteiger partial charge < -0.3 is 5.32 Å². The fraction of sp³-hybridized carbons (Fsp3) is 0.375. The Balaban J connectivity index is 2.22. The summed E-state index contributed by atoms with van der Waals surface area (Å²) in [6.45, 7) is 11.8. The average molecular weight is 227 g/mol. The third-order valence-electron chi connectivity index (χ3n) is 3.37. The van der Waals surface area contributed by atoms with Gasteiger partial charge >= 0.3 is 0 Å². The van der Waals surface area contributed by atoms with E-state index in [4.69, 9.17) is 0 Å². The van der Waals surface area contributed by atoms with E-state index in [1.54, 1.807) is 0 Å². The van der Waals surface area contributed by atoms with Crippen molar-refractivity contribution >= 4 is 0 Å². The van der Waals surface area contributed by atoms with Gasteiger partial charge in [-0.25, -0.2) is 0 Å². The summed E-state index contributed by atoms with van der Waals surface area (Å²) < 4.78 is 0. The maximum Gasteiger partial charge on any atom is 0.0420 e. The fourth-order valence-electron chi connectivity index (χ4n) is 2.38. The van der Waals surface area contributed by atoms with E-state index in [0.717, 1.165) is 11.3 Å². The minimum Gasteiger partial charge on any atom is -0.359 e. The van der Waals surface area contributed by atoms with Crippen LogP contribution in [0.4, 0.5) is 0 Å². The van der Waals surface area contributed by atoms with Crippen LogP contribution in [-0.2, 0) is 0 Å². The largest absolute Gasteiger partial charge is 0.359 e. The molecule has 1 spiro atoms. The first-order chi connectivity index (χ1) is 8.01. The van der Waals surface area contributed by atoms with E-state index in [2.05, 4.69) is 42.8 Å². The Morgan fingerprint density at radius 2 is 2.00 bits per heavy atom. The van der Waals surface area contributed by atoms with E-state index in [-0.39, 0.29) is 0 Å². The Labute approximate surface area is 104 Å². The molecule has 1 nitrogen and oxygen atoms in total. The Bertz CT molecular complexity index is 442.